The van der Waals surface area contributed by atoms with Gasteiger partial charge >= 0.3 is 0 Å². The summed E-state index contributed by atoms with van der Waals surface area (Å²) in [5, 5.41) is 8.46. The normalized spacial score (nSPS) is 22.6. The largest absolute Gasteiger partial charge is 0.373 e. The summed E-state index contributed by atoms with van der Waals surface area (Å²) in [5.74, 6) is -0.0000404. The van der Waals surface area contributed by atoms with E-state index in [1.54, 1.807) is 0 Å². The highest BCUT2D eigenvalue weighted by atomic mass is 32.1. The minimum atomic E-state index is -0.0000404. The Hall–Kier alpha value is -1.44. The molecule has 2 atom stereocenters. The molecule has 23 heavy (non-hydrogen) atoms. The van der Waals surface area contributed by atoms with Crippen LogP contribution in [0.5, 0.6) is 0 Å². The Morgan fingerprint density at radius 2 is 2.13 bits per heavy atom. The van der Waals surface area contributed by atoms with Gasteiger partial charge in [0.1, 0.15) is 4.83 Å². The molecule has 3 heterocycles. The number of hydrogen-bond acceptors (Lipinski definition) is 5. The summed E-state index contributed by atoms with van der Waals surface area (Å²) in [6.45, 7) is 9.52. The van der Waals surface area contributed by atoms with Gasteiger partial charge in [-0.15, -0.1) is 11.3 Å². The topological polar surface area (TPSA) is 59.4 Å². The second kappa shape index (κ2) is 6.59. The number of nitrogens with zero attached hydrogens (tertiary/aromatic N) is 3. The lowest BCUT2D eigenvalue weighted by Gasteiger charge is -2.35. The molecule has 1 N–H and O–H groups in total. The Morgan fingerprint density at radius 3 is 2.78 bits per heavy atom. The highest BCUT2D eigenvalue weighted by Crippen LogP contribution is 2.27. The fourth-order valence-electron chi connectivity index (χ4n) is 3.20. The zero-order valence-corrected chi connectivity index (χ0v) is 14.9. The first-order chi connectivity index (χ1) is 10.9. The highest BCUT2D eigenvalue weighted by molar-refractivity contribution is 7.20. The summed E-state index contributed by atoms with van der Waals surface area (Å²) in [5.41, 5.74) is 0.967. The van der Waals surface area contributed by atoms with Crippen molar-refractivity contribution in [2.24, 2.45) is 7.05 Å². The van der Waals surface area contributed by atoms with Crippen LogP contribution in [-0.4, -0.2) is 59.0 Å². The zero-order chi connectivity index (χ0) is 16.6. The van der Waals surface area contributed by atoms with Crippen molar-refractivity contribution in [2.75, 3.05) is 26.2 Å². The smallest absolute Gasteiger partial charge is 0.261 e. The van der Waals surface area contributed by atoms with Gasteiger partial charge in [0.2, 0.25) is 0 Å². The first-order valence-corrected chi connectivity index (χ1v) is 8.85. The van der Waals surface area contributed by atoms with Crippen LogP contribution in [0.1, 0.15) is 29.2 Å². The minimum absolute atomic E-state index is 0.0000404. The van der Waals surface area contributed by atoms with E-state index in [1.807, 2.05) is 24.7 Å². The Morgan fingerprint density at radius 1 is 1.43 bits per heavy atom. The summed E-state index contributed by atoms with van der Waals surface area (Å²) in [7, 11) is 1.91. The number of amides is 1. The van der Waals surface area contributed by atoms with Gasteiger partial charge in [-0.25, -0.2) is 0 Å². The zero-order valence-electron chi connectivity index (χ0n) is 14.1. The Balaban J connectivity index is 1.55. The lowest BCUT2D eigenvalue weighted by molar-refractivity contribution is -0.0672. The van der Waals surface area contributed by atoms with Crippen LogP contribution < -0.4 is 5.32 Å². The Bertz CT molecular complexity index is 664. The highest BCUT2D eigenvalue weighted by Gasteiger charge is 2.22. The summed E-state index contributed by atoms with van der Waals surface area (Å²) in [6, 6.07) is 1.94. The predicted molar refractivity (Wildman–Crippen MR) is 92.1 cm³/mol. The van der Waals surface area contributed by atoms with Crippen LogP contribution in [0.2, 0.25) is 0 Å². The van der Waals surface area contributed by atoms with E-state index >= 15 is 0 Å². The van der Waals surface area contributed by atoms with Gasteiger partial charge in [0.05, 0.1) is 22.8 Å². The molecular weight excluding hydrogens is 312 g/mol. The molecule has 1 fully saturated rings. The van der Waals surface area contributed by atoms with E-state index in [0.29, 0.717) is 6.54 Å². The fraction of sp³-hybridized carbons (Fsp3) is 0.625. The minimum Gasteiger partial charge on any atom is -0.373 e. The predicted octanol–water partition coefficient (Wildman–Crippen LogP) is 1.78. The van der Waals surface area contributed by atoms with Gasteiger partial charge in [-0.1, -0.05) is 0 Å². The first-order valence-electron chi connectivity index (χ1n) is 8.03. The monoisotopic (exact) mass is 336 g/mol. The molecule has 0 aromatic carbocycles. The van der Waals surface area contributed by atoms with E-state index in [0.717, 1.165) is 40.4 Å². The van der Waals surface area contributed by atoms with Crippen LogP contribution >= 0.6 is 11.3 Å². The van der Waals surface area contributed by atoms with E-state index < -0.39 is 0 Å². The number of nitrogens with one attached hydrogen (secondary N) is 1. The number of morpholine rings is 1. The summed E-state index contributed by atoms with van der Waals surface area (Å²) < 4.78 is 7.56. The molecule has 3 rings (SSSR count). The van der Waals surface area contributed by atoms with Crippen LogP contribution in [-0.2, 0) is 11.8 Å². The molecule has 2 unspecified atom stereocenters. The van der Waals surface area contributed by atoms with Crippen molar-refractivity contribution >= 4 is 27.5 Å². The molecule has 7 heteroatoms. The van der Waals surface area contributed by atoms with Crippen LogP contribution in [0.25, 0.3) is 10.2 Å². The van der Waals surface area contributed by atoms with Crippen LogP contribution in [0.4, 0.5) is 0 Å². The number of fused-ring (bicyclic) bond motifs is 1. The third kappa shape index (κ3) is 3.57. The molecule has 0 aliphatic carbocycles. The van der Waals surface area contributed by atoms with Crippen LogP contribution in [0.3, 0.4) is 0 Å². The number of hydrogen-bond donors (Lipinski definition) is 1. The van der Waals surface area contributed by atoms with Crippen molar-refractivity contribution in [2.45, 2.75) is 33.0 Å². The van der Waals surface area contributed by atoms with Crippen molar-refractivity contribution in [1.29, 1.82) is 0 Å². The first kappa shape index (κ1) is 16.4. The lowest BCUT2D eigenvalue weighted by atomic mass is 10.2. The Labute approximate surface area is 140 Å². The summed E-state index contributed by atoms with van der Waals surface area (Å²) >= 11 is 1.49. The number of carbonyl (C=O) groups is 1. The standard InChI is InChI=1S/C16H24N4O2S/c1-10-8-20(9-11(2)22-10)6-5-17-15(21)14-7-13-12(3)18-19(4)16(13)23-14/h7,10-11H,5-6,8-9H2,1-4H3,(H,17,21). The Kier molecular flexibility index (Phi) is 4.70. The summed E-state index contributed by atoms with van der Waals surface area (Å²) in [4.78, 5) is 16.5. The number of ether oxygens (including phenoxy) is 1. The maximum Gasteiger partial charge on any atom is 0.261 e. The van der Waals surface area contributed by atoms with Crippen molar-refractivity contribution < 1.29 is 9.53 Å². The molecule has 2 aromatic rings. The molecular formula is C16H24N4O2S. The molecule has 2 aromatic heterocycles. The molecule has 0 radical (unpaired) electrons. The molecule has 1 aliphatic heterocycles. The molecule has 126 valence electrons. The number of aromatic nitrogens is 2. The number of rotatable bonds is 4. The van der Waals surface area contributed by atoms with Gasteiger partial charge < -0.3 is 10.1 Å². The third-order valence-corrected chi connectivity index (χ3v) is 5.33. The average Bonchev–Trinajstić information content (AvgIpc) is 3.00. The van der Waals surface area contributed by atoms with E-state index in [1.165, 1.54) is 11.3 Å². The molecule has 1 amide bonds. The van der Waals surface area contributed by atoms with Crippen LogP contribution in [0.15, 0.2) is 6.07 Å². The van der Waals surface area contributed by atoms with Gasteiger partial charge in [0, 0.05) is 38.6 Å². The maximum absolute atomic E-state index is 12.3. The SMILES string of the molecule is Cc1nn(C)c2sc(C(=O)NCCN3CC(C)OC(C)C3)cc12. The van der Waals surface area contributed by atoms with Crippen LogP contribution in [0, 0.1) is 6.92 Å². The van der Waals surface area contributed by atoms with E-state index in [2.05, 4.69) is 29.2 Å². The van der Waals surface area contributed by atoms with Gasteiger partial charge in [-0.05, 0) is 26.8 Å². The second-order valence-electron chi connectivity index (χ2n) is 6.31. The molecule has 1 saturated heterocycles. The maximum atomic E-state index is 12.3. The third-order valence-electron chi connectivity index (χ3n) is 4.13. The molecule has 6 nitrogen and oxygen atoms in total. The number of thiophene rings is 1. The summed E-state index contributed by atoms with van der Waals surface area (Å²) in [6.07, 6.45) is 0.514. The lowest BCUT2D eigenvalue weighted by Crippen LogP contribution is -2.47. The fourth-order valence-corrected chi connectivity index (χ4v) is 4.24. The van der Waals surface area contributed by atoms with Gasteiger partial charge in [-0.3, -0.25) is 14.4 Å². The number of aryl methyl sites for hydroxylation is 2. The van der Waals surface area contributed by atoms with Crippen molar-refractivity contribution in [3.8, 4) is 0 Å². The molecule has 0 saturated carbocycles. The number of carbonyl (C=O) groups excluding carboxylic acids is 1. The molecule has 0 bridgehead atoms. The molecule has 1 aliphatic rings. The van der Waals surface area contributed by atoms with Crippen molar-refractivity contribution in [3.63, 3.8) is 0 Å². The van der Waals surface area contributed by atoms with Crippen molar-refractivity contribution in [1.82, 2.24) is 20.0 Å². The van der Waals surface area contributed by atoms with Gasteiger partial charge in [0.15, 0.2) is 0 Å². The van der Waals surface area contributed by atoms with Gasteiger partial charge in [-0.2, -0.15) is 5.10 Å². The molecule has 0 spiro atoms. The second-order valence-corrected chi connectivity index (χ2v) is 7.34. The van der Waals surface area contributed by atoms with E-state index in [4.69, 9.17) is 4.74 Å². The quantitative estimate of drug-likeness (QED) is 0.925. The van der Waals surface area contributed by atoms with E-state index in [9.17, 15) is 4.79 Å². The van der Waals surface area contributed by atoms with Gasteiger partial charge in [0.25, 0.3) is 5.91 Å². The van der Waals surface area contributed by atoms with Crippen molar-refractivity contribution in [3.05, 3.63) is 16.6 Å². The average molecular weight is 336 g/mol. The van der Waals surface area contributed by atoms with E-state index in [-0.39, 0.29) is 18.1 Å².